The van der Waals surface area contributed by atoms with E-state index in [2.05, 4.69) is 0 Å². The minimum absolute atomic E-state index is 0.0507. The van der Waals surface area contributed by atoms with Gasteiger partial charge in [-0.15, -0.1) is 0 Å². The molecule has 7 heteroatoms. The molecule has 2 aromatic rings. The number of nitrogens with zero attached hydrogens (tertiary/aromatic N) is 1. The van der Waals surface area contributed by atoms with E-state index in [0.717, 1.165) is 0 Å². The molecule has 0 aromatic heterocycles. The molecule has 1 amide bonds. The number of esters is 1. The molecule has 1 fully saturated rings. The molecule has 1 atom stereocenters. The Kier molecular flexibility index (Phi) is 6.42. The minimum atomic E-state index is -1.10. The summed E-state index contributed by atoms with van der Waals surface area (Å²) in [5, 5.41) is 0.141. The summed E-state index contributed by atoms with van der Waals surface area (Å²) in [4.78, 5) is 27.0. The van der Waals surface area contributed by atoms with Crippen LogP contribution in [0.3, 0.4) is 0 Å². The van der Waals surface area contributed by atoms with Crippen molar-refractivity contribution in [2.75, 3.05) is 26.3 Å². The Labute approximate surface area is 161 Å². The Hall–Kier alpha value is -2.44. The first kappa shape index (κ1) is 19.3. The van der Waals surface area contributed by atoms with Crippen LogP contribution in [0, 0.1) is 5.82 Å². The lowest BCUT2D eigenvalue weighted by Crippen LogP contribution is -2.44. The molecule has 0 unspecified atom stereocenters. The van der Waals surface area contributed by atoms with Gasteiger partial charge in [0.15, 0.2) is 0 Å². The Morgan fingerprint density at radius 2 is 1.81 bits per heavy atom. The highest BCUT2D eigenvalue weighted by molar-refractivity contribution is 6.31. The Balaban J connectivity index is 1.78. The van der Waals surface area contributed by atoms with Crippen molar-refractivity contribution in [2.24, 2.45) is 0 Å². The van der Waals surface area contributed by atoms with Crippen LogP contribution in [-0.4, -0.2) is 43.1 Å². The van der Waals surface area contributed by atoms with Crippen molar-refractivity contribution in [3.63, 3.8) is 0 Å². The average molecular weight is 392 g/mol. The number of ether oxygens (including phenoxy) is 2. The van der Waals surface area contributed by atoms with Crippen LogP contribution in [-0.2, 0) is 25.5 Å². The largest absolute Gasteiger partial charge is 0.447 e. The smallest absolute Gasteiger partial charge is 0.311 e. The molecule has 0 bridgehead atoms. The number of hydrogen-bond acceptors (Lipinski definition) is 4. The van der Waals surface area contributed by atoms with Gasteiger partial charge in [-0.2, -0.15) is 0 Å². The van der Waals surface area contributed by atoms with Crippen molar-refractivity contribution < 1.29 is 23.5 Å². The predicted octanol–water partition coefficient (Wildman–Crippen LogP) is 3.16. The lowest BCUT2D eigenvalue weighted by Gasteiger charge is -2.30. The maximum absolute atomic E-state index is 13.9. The van der Waals surface area contributed by atoms with Gasteiger partial charge in [0.25, 0.3) is 5.91 Å². The third kappa shape index (κ3) is 4.84. The van der Waals surface area contributed by atoms with E-state index in [4.69, 9.17) is 21.1 Å². The number of hydrogen-bond donors (Lipinski definition) is 0. The highest BCUT2D eigenvalue weighted by Crippen LogP contribution is 2.24. The normalized spacial score (nSPS) is 15.3. The Morgan fingerprint density at radius 3 is 2.48 bits per heavy atom. The summed E-state index contributed by atoms with van der Waals surface area (Å²) in [6.45, 7) is 1.73. The monoisotopic (exact) mass is 391 g/mol. The molecule has 0 saturated carbocycles. The highest BCUT2D eigenvalue weighted by atomic mass is 35.5. The first-order valence-electron chi connectivity index (χ1n) is 8.60. The molecule has 1 heterocycles. The summed E-state index contributed by atoms with van der Waals surface area (Å²) in [6, 6.07) is 12.9. The van der Waals surface area contributed by atoms with E-state index in [1.54, 1.807) is 35.2 Å². The van der Waals surface area contributed by atoms with Gasteiger partial charge in [0.05, 0.1) is 19.6 Å². The quantitative estimate of drug-likeness (QED) is 0.735. The number of carbonyl (C=O) groups excluding carboxylic acids is 2. The fraction of sp³-hybridized carbons (Fsp3) is 0.300. The van der Waals surface area contributed by atoms with E-state index >= 15 is 0 Å². The molecule has 142 valence electrons. The molecule has 5 nitrogen and oxygen atoms in total. The van der Waals surface area contributed by atoms with Gasteiger partial charge in [-0.05, 0) is 12.1 Å². The molecule has 0 spiro atoms. The molecular formula is C20H19ClFNO4. The number of rotatable bonds is 5. The van der Waals surface area contributed by atoms with Crippen LogP contribution in [0.4, 0.5) is 4.39 Å². The first-order valence-corrected chi connectivity index (χ1v) is 8.98. The standard InChI is InChI=1S/C20H19ClFNO4/c21-16-7-4-8-17(22)15(16)13-18(24)27-19(14-5-2-1-3-6-14)20(25)23-9-11-26-12-10-23/h1-8,19H,9-13H2/t19-/m0/s1. The topological polar surface area (TPSA) is 55.8 Å². The lowest BCUT2D eigenvalue weighted by atomic mass is 10.1. The van der Waals surface area contributed by atoms with Crippen LogP contribution in [0.1, 0.15) is 17.2 Å². The summed E-state index contributed by atoms with van der Waals surface area (Å²) < 4.78 is 24.7. The second-order valence-electron chi connectivity index (χ2n) is 6.10. The van der Waals surface area contributed by atoms with E-state index in [0.29, 0.717) is 31.9 Å². The van der Waals surface area contributed by atoms with E-state index in [-0.39, 0.29) is 22.9 Å². The van der Waals surface area contributed by atoms with E-state index in [1.165, 1.54) is 18.2 Å². The van der Waals surface area contributed by atoms with Gasteiger partial charge in [0.1, 0.15) is 5.82 Å². The minimum Gasteiger partial charge on any atom is -0.447 e. The van der Waals surface area contributed by atoms with E-state index < -0.39 is 17.9 Å². The number of carbonyl (C=O) groups is 2. The van der Waals surface area contributed by atoms with Crippen LogP contribution in [0.15, 0.2) is 48.5 Å². The van der Waals surface area contributed by atoms with E-state index in [9.17, 15) is 14.0 Å². The predicted molar refractivity (Wildman–Crippen MR) is 97.8 cm³/mol. The van der Waals surface area contributed by atoms with Gasteiger partial charge in [-0.1, -0.05) is 48.0 Å². The van der Waals surface area contributed by atoms with Crippen LogP contribution in [0.2, 0.25) is 5.02 Å². The van der Waals surface area contributed by atoms with E-state index in [1.807, 2.05) is 0 Å². The lowest BCUT2D eigenvalue weighted by molar-refractivity contribution is -0.162. The second kappa shape index (κ2) is 8.97. The van der Waals surface area contributed by atoms with Crippen LogP contribution < -0.4 is 0 Å². The van der Waals surface area contributed by atoms with Crippen molar-refractivity contribution in [1.29, 1.82) is 0 Å². The molecule has 1 aliphatic rings. The summed E-state index contributed by atoms with van der Waals surface area (Å²) >= 11 is 5.97. The van der Waals surface area contributed by atoms with Gasteiger partial charge in [-0.3, -0.25) is 9.59 Å². The molecule has 0 aliphatic carbocycles. The zero-order valence-corrected chi connectivity index (χ0v) is 15.3. The van der Waals surface area contributed by atoms with Gasteiger partial charge < -0.3 is 14.4 Å². The third-order valence-electron chi connectivity index (χ3n) is 4.28. The molecule has 3 rings (SSSR count). The second-order valence-corrected chi connectivity index (χ2v) is 6.50. The summed E-state index contributed by atoms with van der Waals surface area (Å²) in [5.41, 5.74) is 0.608. The van der Waals surface area contributed by atoms with Gasteiger partial charge in [0, 0.05) is 29.2 Å². The van der Waals surface area contributed by atoms with Crippen LogP contribution in [0.25, 0.3) is 0 Å². The van der Waals surface area contributed by atoms with Crippen molar-refractivity contribution in [1.82, 2.24) is 4.90 Å². The van der Waals surface area contributed by atoms with Gasteiger partial charge in [-0.25, -0.2) is 4.39 Å². The van der Waals surface area contributed by atoms with Crippen LogP contribution >= 0.6 is 11.6 Å². The fourth-order valence-corrected chi connectivity index (χ4v) is 3.09. The summed E-state index contributed by atoms with van der Waals surface area (Å²) in [7, 11) is 0. The molecule has 0 N–H and O–H groups in total. The molecule has 2 aromatic carbocycles. The Morgan fingerprint density at radius 1 is 1.11 bits per heavy atom. The van der Waals surface area contributed by atoms with Crippen molar-refractivity contribution in [3.8, 4) is 0 Å². The van der Waals surface area contributed by atoms with Gasteiger partial charge >= 0.3 is 5.97 Å². The number of benzene rings is 2. The third-order valence-corrected chi connectivity index (χ3v) is 4.64. The summed E-state index contributed by atoms with van der Waals surface area (Å²) in [5.74, 6) is -1.63. The zero-order chi connectivity index (χ0) is 19.2. The molecule has 27 heavy (non-hydrogen) atoms. The van der Waals surface area contributed by atoms with Gasteiger partial charge in [0.2, 0.25) is 6.10 Å². The maximum atomic E-state index is 13.9. The highest BCUT2D eigenvalue weighted by Gasteiger charge is 2.30. The zero-order valence-electron chi connectivity index (χ0n) is 14.6. The maximum Gasteiger partial charge on any atom is 0.311 e. The molecule has 1 aliphatic heterocycles. The number of amides is 1. The van der Waals surface area contributed by atoms with Crippen molar-refractivity contribution >= 4 is 23.5 Å². The summed E-state index contributed by atoms with van der Waals surface area (Å²) in [6.07, 6.45) is -1.45. The average Bonchev–Trinajstić information content (AvgIpc) is 2.70. The molecule has 0 radical (unpaired) electrons. The molecule has 1 saturated heterocycles. The fourth-order valence-electron chi connectivity index (χ4n) is 2.86. The van der Waals surface area contributed by atoms with Crippen LogP contribution in [0.5, 0.6) is 0 Å². The van der Waals surface area contributed by atoms with Crippen molar-refractivity contribution in [3.05, 3.63) is 70.5 Å². The number of morpholine rings is 1. The first-order chi connectivity index (χ1) is 13.1. The Bertz CT molecular complexity index is 789. The molecular weight excluding hydrogens is 373 g/mol. The number of halogens is 2. The SMILES string of the molecule is O=C(Cc1c(F)cccc1Cl)O[C@H](C(=O)N1CCOCC1)c1ccccc1. The van der Waals surface area contributed by atoms with Crippen molar-refractivity contribution in [2.45, 2.75) is 12.5 Å².